The Kier molecular flexibility index (Phi) is 5.25. The van der Waals surface area contributed by atoms with Crippen molar-refractivity contribution < 1.29 is 14.6 Å². The molecule has 4 N–H and O–H groups in total. The zero-order chi connectivity index (χ0) is 15.1. The third kappa shape index (κ3) is 4.27. The van der Waals surface area contributed by atoms with Gasteiger partial charge in [-0.3, -0.25) is 15.2 Å². The predicted octanol–water partition coefficient (Wildman–Crippen LogP) is 0.799. The number of pyridine rings is 1. The summed E-state index contributed by atoms with van der Waals surface area (Å²) >= 11 is 0. The number of carbonyl (C=O) groups is 1. The number of benzene rings is 1. The molecule has 1 heterocycles. The van der Waals surface area contributed by atoms with Crippen LogP contribution in [0.2, 0.25) is 0 Å². The van der Waals surface area contributed by atoms with Crippen molar-refractivity contribution in [2.45, 2.75) is 13.0 Å². The first-order valence-corrected chi connectivity index (χ1v) is 6.51. The van der Waals surface area contributed by atoms with Crippen LogP contribution in [0.1, 0.15) is 21.6 Å². The molecule has 0 bridgehead atoms. The molecule has 1 aromatic heterocycles. The molecule has 21 heavy (non-hydrogen) atoms. The van der Waals surface area contributed by atoms with E-state index in [9.17, 15) is 4.79 Å². The molecule has 6 nitrogen and oxygen atoms in total. The van der Waals surface area contributed by atoms with Gasteiger partial charge in [-0.05, 0) is 36.2 Å². The second-order valence-electron chi connectivity index (χ2n) is 4.42. The summed E-state index contributed by atoms with van der Waals surface area (Å²) in [6, 6.07) is 10.9. The summed E-state index contributed by atoms with van der Waals surface area (Å²) in [5, 5.41) is 8.84. The molecule has 0 spiro atoms. The SMILES string of the molecule is NNC(=O)c1ccc(COc2ccc(CCO)cc2)nc1. The van der Waals surface area contributed by atoms with E-state index in [1.54, 1.807) is 12.1 Å². The van der Waals surface area contributed by atoms with E-state index in [-0.39, 0.29) is 12.5 Å². The van der Waals surface area contributed by atoms with E-state index in [1.165, 1.54) is 6.20 Å². The fourth-order valence-electron chi connectivity index (χ4n) is 1.77. The van der Waals surface area contributed by atoms with Gasteiger partial charge in [0.15, 0.2) is 0 Å². The normalized spacial score (nSPS) is 10.2. The number of rotatable bonds is 6. The van der Waals surface area contributed by atoms with Crippen LogP contribution in [0.15, 0.2) is 42.6 Å². The molecule has 1 aromatic carbocycles. The number of amides is 1. The van der Waals surface area contributed by atoms with Crippen molar-refractivity contribution in [2.24, 2.45) is 5.84 Å². The van der Waals surface area contributed by atoms with Crippen LogP contribution < -0.4 is 16.0 Å². The maximum absolute atomic E-state index is 11.3. The summed E-state index contributed by atoms with van der Waals surface area (Å²) < 4.78 is 5.60. The highest BCUT2D eigenvalue weighted by Gasteiger charge is 2.04. The Hall–Kier alpha value is -2.44. The van der Waals surface area contributed by atoms with E-state index < -0.39 is 0 Å². The summed E-state index contributed by atoms with van der Waals surface area (Å²) in [5.74, 6) is 5.39. The number of hydrogen-bond donors (Lipinski definition) is 3. The van der Waals surface area contributed by atoms with Crippen molar-refractivity contribution in [3.8, 4) is 5.75 Å². The Bertz CT molecular complexity index is 582. The van der Waals surface area contributed by atoms with Gasteiger partial charge in [0.1, 0.15) is 12.4 Å². The molecule has 0 aliphatic carbocycles. The van der Waals surface area contributed by atoms with Gasteiger partial charge in [-0.1, -0.05) is 12.1 Å². The smallest absolute Gasteiger partial charge is 0.266 e. The molecular weight excluding hydrogens is 270 g/mol. The van der Waals surface area contributed by atoms with Gasteiger partial charge in [0.05, 0.1) is 11.3 Å². The van der Waals surface area contributed by atoms with Crippen molar-refractivity contribution in [2.75, 3.05) is 6.61 Å². The number of nitrogens with one attached hydrogen (secondary N) is 1. The number of hydrazine groups is 1. The molecule has 0 unspecified atom stereocenters. The quantitative estimate of drug-likeness (QED) is 0.415. The van der Waals surface area contributed by atoms with Crippen LogP contribution >= 0.6 is 0 Å². The van der Waals surface area contributed by atoms with Crippen LogP contribution in [0.5, 0.6) is 5.75 Å². The van der Waals surface area contributed by atoms with Crippen molar-refractivity contribution >= 4 is 5.91 Å². The highest BCUT2D eigenvalue weighted by Crippen LogP contribution is 2.14. The van der Waals surface area contributed by atoms with Gasteiger partial charge in [0.2, 0.25) is 0 Å². The molecule has 0 aliphatic heterocycles. The largest absolute Gasteiger partial charge is 0.487 e. The molecule has 0 saturated heterocycles. The summed E-state index contributed by atoms with van der Waals surface area (Å²) in [4.78, 5) is 15.4. The van der Waals surface area contributed by atoms with Gasteiger partial charge < -0.3 is 9.84 Å². The number of aliphatic hydroxyl groups excluding tert-OH is 1. The van der Waals surface area contributed by atoms with Gasteiger partial charge in [-0.2, -0.15) is 0 Å². The van der Waals surface area contributed by atoms with E-state index in [2.05, 4.69) is 4.98 Å². The lowest BCUT2D eigenvalue weighted by Gasteiger charge is -2.07. The minimum atomic E-state index is -0.380. The first-order chi connectivity index (χ1) is 10.2. The summed E-state index contributed by atoms with van der Waals surface area (Å²) in [5.41, 5.74) is 4.21. The summed E-state index contributed by atoms with van der Waals surface area (Å²) in [7, 11) is 0. The van der Waals surface area contributed by atoms with Crippen LogP contribution in [-0.4, -0.2) is 22.6 Å². The molecule has 1 amide bonds. The molecule has 0 saturated carbocycles. The topological polar surface area (TPSA) is 97.5 Å². The van der Waals surface area contributed by atoms with E-state index in [0.717, 1.165) is 11.3 Å². The molecule has 2 aromatic rings. The number of ether oxygens (including phenoxy) is 1. The van der Waals surface area contributed by atoms with Crippen LogP contribution in [-0.2, 0) is 13.0 Å². The number of nitrogens with two attached hydrogens (primary N) is 1. The first-order valence-electron chi connectivity index (χ1n) is 6.51. The van der Waals surface area contributed by atoms with Crippen molar-refractivity contribution in [1.82, 2.24) is 10.4 Å². The molecule has 2 rings (SSSR count). The van der Waals surface area contributed by atoms with E-state index in [1.807, 2.05) is 29.7 Å². The molecule has 0 aliphatic rings. The fraction of sp³-hybridized carbons (Fsp3) is 0.200. The van der Waals surface area contributed by atoms with Crippen molar-refractivity contribution in [3.63, 3.8) is 0 Å². The maximum atomic E-state index is 11.3. The second kappa shape index (κ2) is 7.37. The highest BCUT2D eigenvalue weighted by atomic mass is 16.5. The Labute approximate surface area is 122 Å². The minimum absolute atomic E-state index is 0.132. The predicted molar refractivity (Wildman–Crippen MR) is 77.5 cm³/mol. The highest BCUT2D eigenvalue weighted by molar-refractivity contribution is 5.93. The van der Waals surface area contributed by atoms with Gasteiger partial charge in [-0.25, -0.2) is 5.84 Å². The first kappa shape index (κ1) is 15.0. The lowest BCUT2D eigenvalue weighted by Crippen LogP contribution is -2.30. The Morgan fingerprint density at radius 1 is 1.24 bits per heavy atom. The average molecular weight is 287 g/mol. The minimum Gasteiger partial charge on any atom is -0.487 e. The van der Waals surface area contributed by atoms with E-state index in [4.69, 9.17) is 15.7 Å². The van der Waals surface area contributed by atoms with Crippen LogP contribution in [0.4, 0.5) is 0 Å². The molecule has 0 atom stereocenters. The number of hydrogen-bond acceptors (Lipinski definition) is 5. The summed E-state index contributed by atoms with van der Waals surface area (Å²) in [6.07, 6.45) is 2.08. The number of nitrogen functional groups attached to an aromatic ring is 1. The lowest BCUT2D eigenvalue weighted by molar-refractivity contribution is 0.0953. The van der Waals surface area contributed by atoms with Gasteiger partial charge in [-0.15, -0.1) is 0 Å². The van der Waals surface area contributed by atoms with Crippen molar-refractivity contribution in [1.29, 1.82) is 0 Å². The van der Waals surface area contributed by atoms with Crippen LogP contribution in [0.3, 0.4) is 0 Å². The molecule has 0 fully saturated rings. The van der Waals surface area contributed by atoms with Crippen molar-refractivity contribution in [3.05, 3.63) is 59.4 Å². The zero-order valence-corrected chi connectivity index (χ0v) is 11.5. The standard InChI is InChI=1S/C15H17N3O3/c16-18-15(20)12-3-4-13(17-9-12)10-21-14-5-1-11(2-6-14)7-8-19/h1-6,9,19H,7-8,10,16H2,(H,18,20). The molecular formula is C15H17N3O3. The molecule has 0 radical (unpaired) electrons. The zero-order valence-electron chi connectivity index (χ0n) is 11.5. The number of aliphatic hydroxyl groups is 1. The van der Waals surface area contributed by atoms with Crippen LogP contribution in [0, 0.1) is 0 Å². The van der Waals surface area contributed by atoms with Crippen LogP contribution in [0.25, 0.3) is 0 Å². The molecule has 110 valence electrons. The Morgan fingerprint density at radius 3 is 2.57 bits per heavy atom. The van der Waals surface area contributed by atoms with Gasteiger partial charge >= 0.3 is 0 Å². The average Bonchev–Trinajstić information content (AvgIpc) is 2.54. The second-order valence-corrected chi connectivity index (χ2v) is 4.42. The van der Waals surface area contributed by atoms with Gasteiger partial charge in [0, 0.05) is 12.8 Å². The van der Waals surface area contributed by atoms with Gasteiger partial charge in [0.25, 0.3) is 5.91 Å². The summed E-state index contributed by atoms with van der Waals surface area (Å²) in [6.45, 7) is 0.441. The Morgan fingerprint density at radius 2 is 2.00 bits per heavy atom. The monoisotopic (exact) mass is 287 g/mol. The maximum Gasteiger partial charge on any atom is 0.266 e. The Balaban J connectivity index is 1.91. The van der Waals surface area contributed by atoms with E-state index >= 15 is 0 Å². The molecule has 6 heteroatoms. The fourth-order valence-corrected chi connectivity index (χ4v) is 1.77. The lowest BCUT2D eigenvalue weighted by atomic mass is 10.1. The third-order valence-corrected chi connectivity index (χ3v) is 2.93. The number of nitrogens with zero attached hydrogens (tertiary/aromatic N) is 1. The van der Waals surface area contributed by atoms with E-state index in [0.29, 0.717) is 24.3 Å². The third-order valence-electron chi connectivity index (χ3n) is 2.93. The number of aromatic nitrogens is 1. The number of carbonyl (C=O) groups excluding carboxylic acids is 1.